The van der Waals surface area contributed by atoms with Crippen molar-refractivity contribution in [3.8, 4) is 11.5 Å². The van der Waals surface area contributed by atoms with Crippen LogP contribution in [0.4, 0.5) is 5.69 Å². The summed E-state index contributed by atoms with van der Waals surface area (Å²) in [5, 5.41) is 2.71. The molecule has 3 aromatic rings. The largest absolute Gasteiger partial charge is 0.456 e. The normalized spacial score (nSPS) is 11.2. The Balaban J connectivity index is 1.71. The number of sulfonamides is 1. The Morgan fingerprint density at radius 3 is 2.39 bits per heavy atom. The zero-order valence-electron chi connectivity index (χ0n) is 15.4. The van der Waals surface area contributed by atoms with E-state index >= 15 is 0 Å². The minimum absolute atomic E-state index is 0.107. The summed E-state index contributed by atoms with van der Waals surface area (Å²) >= 11 is 0. The highest BCUT2D eigenvalue weighted by molar-refractivity contribution is 7.89. The van der Waals surface area contributed by atoms with E-state index in [1.54, 1.807) is 60.9 Å². The Kier molecular flexibility index (Phi) is 5.72. The van der Waals surface area contributed by atoms with Crippen LogP contribution in [0.1, 0.15) is 10.4 Å². The quantitative estimate of drug-likeness (QED) is 0.689. The summed E-state index contributed by atoms with van der Waals surface area (Å²) in [6, 6.07) is 16.3. The molecule has 0 unspecified atom stereocenters. The van der Waals surface area contributed by atoms with E-state index in [0.29, 0.717) is 22.7 Å². The third-order valence-corrected chi connectivity index (χ3v) is 5.67. The minimum Gasteiger partial charge on any atom is -0.456 e. The summed E-state index contributed by atoms with van der Waals surface area (Å²) in [4.78, 5) is 16.5. The van der Waals surface area contributed by atoms with Crippen LogP contribution in [0.15, 0.2) is 78.0 Å². The van der Waals surface area contributed by atoms with Gasteiger partial charge in [0.05, 0.1) is 11.1 Å². The molecule has 0 aliphatic carbocycles. The summed E-state index contributed by atoms with van der Waals surface area (Å²) in [6.45, 7) is 0. The number of aromatic nitrogens is 1. The average molecular weight is 397 g/mol. The number of nitrogens with one attached hydrogen (secondary N) is 1. The van der Waals surface area contributed by atoms with Gasteiger partial charge < -0.3 is 10.1 Å². The van der Waals surface area contributed by atoms with Gasteiger partial charge in [0.15, 0.2) is 0 Å². The van der Waals surface area contributed by atoms with Crippen molar-refractivity contribution in [2.24, 2.45) is 0 Å². The third kappa shape index (κ3) is 4.54. The maximum Gasteiger partial charge on any atom is 0.255 e. The van der Waals surface area contributed by atoms with Crippen LogP contribution in [0.3, 0.4) is 0 Å². The van der Waals surface area contributed by atoms with Gasteiger partial charge >= 0.3 is 0 Å². The van der Waals surface area contributed by atoms with E-state index in [4.69, 9.17) is 4.74 Å². The highest BCUT2D eigenvalue weighted by atomic mass is 32.2. The summed E-state index contributed by atoms with van der Waals surface area (Å²) in [6.07, 6.45) is 3.24. The van der Waals surface area contributed by atoms with Crippen molar-refractivity contribution in [1.29, 1.82) is 0 Å². The zero-order chi connectivity index (χ0) is 20.1. The molecular formula is C20H19N3O4S. The number of rotatable bonds is 6. The second-order valence-electron chi connectivity index (χ2n) is 6.08. The lowest BCUT2D eigenvalue weighted by atomic mass is 10.2. The highest BCUT2D eigenvalue weighted by Gasteiger charge is 2.17. The molecule has 0 spiro atoms. The molecule has 28 heavy (non-hydrogen) atoms. The van der Waals surface area contributed by atoms with E-state index < -0.39 is 10.0 Å². The SMILES string of the molecule is CN(C)S(=O)(=O)c1cccc(NC(=O)c2ccc(Oc3cccnc3)cc2)c1. The number of hydrogen-bond acceptors (Lipinski definition) is 5. The van der Waals surface area contributed by atoms with Crippen molar-refractivity contribution in [1.82, 2.24) is 9.29 Å². The summed E-state index contributed by atoms with van der Waals surface area (Å²) in [7, 11) is -0.667. The lowest BCUT2D eigenvalue weighted by Crippen LogP contribution is -2.22. The van der Waals surface area contributed by atoms with Crippen LogP contribution in [-0.2, 0) is 10.0 Å². The second kappa shape index (κ2) is 8.20. The molecule has 0 saturated heterocycles. The summed E-state index contributed by atoms with van der Waals surface area (Å²) < 4.78 is 31.2. The average Bonchev–Trinajstić information content (AvgIpc) is 2.69. The van der Waals surface area contributed by atoms with E-state index in [1.807, 2.05) is 0 Å². The van der Waals surface area contributed by atoms with Crippen molar-refractivity contribution in [3.05, 3.63) is 78.6 Å². The maximum absolute atomic E-state index is 12.5. The molecule has 0 aliphatic rings. The van der Waals surface area contributed by atoms with Crippen LogP contribution >= 0.6 is 0 Å². The number of carbonyl (C=O) groups excluding carboxylic acids is 1. The molecule has 0 bridgehead atoms. The van der Waals surface area contributed by atoms with Crippen LogP contribution < -0.4 is 10.1 Å². The van der Waals surface area contributed by atoms with E-state index in [-0.39, 0.29) is 10.8 Å². The Hall–Kier alpha value is -3.23. The van der Waals surface area contributed by atoms with Crippen molar-refractivity contribution >= 4 is 21.6 Å². The molecule has 7 nitrogen and oxygen atoms in total. The smallest absolute Gasteiger partial charge is 0.255 e. The van der Waals surface area contributed by atoms with Gasteiger partial charge in [-0.15, -0.1) is 0 Å². The maximum atomic E-state index is 12.5. The standard InChI is InChI=1S/C20H19N3O4S/c1-23(2)28(25,26)19-7-3-5-16(13-19)22-20(24)15-8-10-17(11-9-15)27-18-6-4-12-21-14-18/h3-14H,1-2H3,(H,22,24). The minimum atomic E-state index is -3.57. The topological polar surface area (TPSA) is 88.6 Å². The van der Waals surface area contributed by atoms with E-state index in [0.717, 1.165) is 4.31 Å². The zero-order valence-corrected chi connectivity index (χ0v) is 16.2. The van der Waals surface area contributed by atoms with Crippen LogP contribution in [-0.4, -0.2) is 37.7 Å². The molecule has 1 heterocycles. The molecule has 1 amide bonds. The molecule has 0 fully saturated rings. The van der Waals surface area contributed by atoms with Crippen LogP contribution in [0, 0.1) is 0 Å². The Bertz CT molecular complexity index is 1070. The first-order valence-corrected chi connectivity index (χ1v) is 9.82. The number of benzene rings is 2. The molecular weight excluding hydrogens is 378 g/mol. The Labute approximate surface area is 163 Å². The van der Waals surface area contributed by atoms with Crippen LogP contribution in [0.2, 0.25) is 0 Å². The van der Waals surface area contributed by atoms with Gasteiger partial charge in [0.1, 0.15) is 11.5 Å². The number of ether oxygens (including phenoxy) is 1. The summed E-state index contributed by atoms with van der Waals surface area (Å²) in [5.74, 6) is 0.814. The molecule has 1 aromatic heterocycles. The van der Waals surface area contributed by atoms with E-state index in [9.17, 15) is 13.2 Å². The number of amides is 1. The van der Waals surface area contributed by atoms with Gasteiger partial charge in [-0.05, 0) is 54.6 Å². The van der Waals surface area contributed by atoms with Gasteiger partial charge in [-0.2, -0.15) is 0 Å². The molecule has 0 saturated carbocycles. The van der Waals surface area contributed by atoms with Crippen molar-refractivity contribution < 1.29 is 17.9 Å². The first-order chi connectivity index (χ1) is 13.4. The first-order valence-electron chi connectivity index (χ1n) is 8.38. The molecule has 2 aromatic carbocycles. The number of carbonyl (C=O) groups is 1. The lowest BCUT2D eigenvalue weighted by Gasteiger charge is -2.13. The number of hydrogen-bond donors (Lipinski definition) is 1. The predicted octanol–water partition coefficient (Wildman–Crippen LogP) is 3.38. The van der Waals surface area contributed by atoms with Crippen molar-refractivity contribution in [2.45, 2.75) is 4.90 Å². The molecule has 0 radical (unpaired) electrons. The van der Waals surface area contributed by atoms with Crippen LogP contribution in [0.5, 0.6) is 11.5 Å². The van der Waals surface area contributed by atoms with Gasteiger partial charge in [0, 0.05) is 31.5 Å². The van der Waals surface area contributed by atoms with E-state index in [1.165, 1.54) is 26.2 Å². The summed E-state index contributed by atoms with van der Waals surface area (Å²) in [5.41, 5.74) is 0.808. The molecule has 144 valence electrons. The third-order valence-electron chi connectivity index (χ3n) is 3.86. The fourth-order valence-electron chi connectivity index (χ4n) is 2.37. The van der Waals surface area contributed by atoms with Gasteiger partial charge in [-0.1, -0.05) is 6.07 Å². The Morgan fingerprint density at radius 2 is 1.75 bits per heavy atom. The Morgan fingerprint density at radius 1 is 1.00 bits per heavy atom. The molecule has 8 heteroatoms. The fraction of sp³-hybridized carbons (Fsp3) is 0.100. The number of nitrogens with zero attached hydrogens (tertiary/aromatic N) is 2. The molecule has 0 aliphatic heterocycles. The number of anilines is 1. The lowest BCUT2D eigenvalue weighted by molar-refractivity contribution is 0.102. The first kappa shape index (κ1) is 19.5. The van der Waals surface area contributed by atoms with Gasteiger partial charge in [-0.3, -0.25) is 9.78 Å². The van der Waals surface area contributed by atoms with E-state index in [2.05, 4.69) is 10.3 Å². The van der Waals surface area contributed by atoms with Crippen molar-refractivity contribution in [3.63, 3.8) is 0 Å². The van der Waals surface area contributed by atoms with Gasteiger partial charge in [-0.25, -0.2) is 12.7 Å². The van der Waals surface area contributed by atoms with Crippen molar-refractivity contribution in [2.75, 3.05) is 19.4 Å². The molecule has 0 atom stereocenters. The number of pyridine rings is 1. The van der Waals surface area contributed by atoms with Gasteiger partial charge in [0.25, 0.3) is 5.91 Å². The molecule has 3 rings (SSSR count). The van der Waals surface area contributed by atoms with Gasteiger partial charge in [0.2, 0.25) is 10.0 Å². The monoisotopic (exact) mass is 397 g/mol. The van der Waals surface area contributed by atoms with Crippen LogP contribution in [0.25, 0.3) is 0 Å². The highest BCUT2D eigenvalue weighted by Crippen LogP contribution is 2.22. The predicted molar refractivity (Wildman–Crippen MR) is 106 cm³/mol. The molecule has 1 N–H and O–H groups in total. The fourth-order valence-corrected chi connectivity index (χ4v) is 3.31. The second-order valence-corrected chi connectivity index (χ2v) is 8.24.